The van der Waals surface area contributed by atoms with Crippen molar-refractivity contribution in [1.29, 1.82) is 0 Å². The predicted octanol–water partition coefficient (Wildman–Crippen LogP) is 0.934. The first-order valence-corrected chi connectivity index (χ1v) is 2.67. The van der Waals surface area contributed by atoms with Crippen molar-refractivity contribution < 1.29 is 4.84 Å². The van der Waals surface area contributed by atoms with E-state index in [2.05, 4.69) is 16.1 Å². The van der Waals surface area contributed by atoms with Crippen LogP contribution in [-0.2, 0) is 4.84 Å². The van der Waals surface area contributed by atoms with Gasteiger partial charge in [0, 0.05) is 22.7 Å². The topological polar surface area (TPSA) is 12.5 Å². The molecule has 1 rings (SSSR count). The fraction of sp³-hybridized carbons (Fsp3) is 1.00. The van der Waals surface area contributed by atoms with Crippen molar-refractivity contribution in [2.24, 2.45) is 0 Å². The van der Waals surface area contributed by atoms with Gasteiger partial charge in [0.25, 0.3) is 0 Å². The average molecular weight is 152 g/mol. The van der Waals surface area contributed by atoms with Gasteiger partial charge in [-0.25, -0.2) is 0 Å². The predicted molar refractivity (Wildman–Crippen MR) is 26.2 cm³/mol. The van der Waals surface area contributed by atoms with Gasteiger partial charge in [-0.3, -0.25) is 4.84 Å². The second-order valence-corrected chi connectivity index (χ2v) is 2.02. The highest BCUT2D eigenvalue weighted by Crippen LogP contribution is 2.07. The molecule has 1 aliphatic heterocycles. The monoisotopic (exact) mass is 151 g/mol. The fourth-order valence-corrected chi connectivity index (χ4v) is 0.813. The van der Waals surface area contributed by atoms with Crippen molar-refractivity contribution in [3.63, 3.8) is 0 Å². The first-order valence-electron chi connectivity index (χ1n) is 1.96. The largest absolute Gasteiger partial charge is 0.288 e. The van der Waals surface area contributed by atoms with Crippen LogP contribution in [0.25, 0.3) is 0 Å². The lowest BCUT2D eigenvalue weighted by Crippen LogP contribution is -1.99. The van der Waals surface area contributed by atoms with E-state index in [4.69, 9.17) is 4.84 Å². The maximum atomic E-state index is 4.90. The molecule has 0 radical (unpaired) electrons. The maximum absolute atomic E-state index is 4.90. The zero-order valence-electron chi connectivity index (χ0n) is 3.35. The molecule has 0 aliphatic carbocycles. The fourth-order valence-electron chi connectivity index (χ4n) is 0.417. The molecule has 1 heterocycles. The summed E-state index contributed by atoms with van der Waals surface area (Å²) in [6.45, 7) is 1.88. The van der Waals surface area contributed by atoms with Crippen LogP contribution < -0.4 is 0 Å². The minimum absolute atomic E-state index is 0.866. The summed E-state index contributed by atoms with van der Waals surface area (Å²) in [5.41, 5.74) is 0. The van der Waals surface area contributed by atoms with E-state index in [1.165, 1.54) is 0 Å². The standard InChI is InChI=1S/C3H6BrNO/c4-5-2-1-3-6-5/h1-3H2. The molecule has 0 saturated carbocycles. The summed E-state index contributed by atoms with van der Waals surface area (Å²) in [4.78, 5) is 4.90. The molecule has 0 aromatic rings. The lowest BCUT2D eigenvalue weighted by atomic mass is 10.5. The van der Waals surface area contributed by atoms with E-state index in [1.54, 1.807) is 4.09 Å². The first kappa shape index (κ1) is 4.56. The molecule has 0 atom stereocenters. The van der Waals surface area contributed by atoms with Gasteiger partial charge in [-0.1, -0.05) is 0 Å². The summed E-state index contributed by atoms with van der Waals surface area (Å²) in [7, 11) is 0. The van der Waals surface area contributed by atoms with Crippen molar-refractivity contribution in [1.82, 2.24) is 4.09 Å². The smallest absolute Gasteiger partial charge is 0.0709 e. The summed E-state index contributed by atoms with van der Waals surface area (Å²) in [6.07, 6.45) is 1.14. The van der Waals surface area contributed by atoms with Crippen molar-refractivity contribution >= 4 is 16.1 Å². The molecule has 3 heteroatoms. The zero-order valence-corrected chi connectivity index (χ0v) is 4.94. The van der Waals surface area contributed by atoms with Gasteiger partial charge in [0.2, 0.25) is 0 Å². The van der Waals surface area contributed by atoms with Crippen LogP contribution in [0.15, 0.2) is 0 Å². The minimum atomic E-state index is 0.866. The van der Waals surface area contributed by atoms with Gasteiger partial charge in [-0.15, -0.1) is 4.09 Å². The Morgan fingerprint density at radius 2 is 2.50 bits per heavy atom. The van der Waals surface area contributed by atoms with Gasteiger partial charge in [0.15, 0.2) is 0 Å². The van der Waals surface area contributed by atoms with Gasteiger partial charge in [-0.2, -0.15) is 0 Å². The van der Waals surface area contributed by atoms with Crippen LogP contribution >= 0.6 is 16.1 Å². The SMILES string of the molecule is BrN1CCCO1. The number of halogens is 1. The third-order valence-electron chi connectivity index (χ3n) is 0.710. The summed E-state index contributed by atoms with van der Waals surface area (Å²) in [5, 5.41) is 0. The lowest BCUT2D eigenvalue weighted by molar-refractivity contribution is -0.00933. The van der Waals surface area contributed by atoms with Crippen LogP contribution in [0.3, 0.4) is 0 Å². The summed E-state index contributed by atoms with van der Waals surface area (Å²) < 4.78 is 1.67. The van der Waals surface area contributed by atoms with Crippen molar-refractivity contribution in [2.45, 2.75) is 6.42 Å². The summed E-state index contributed by atoms with van der Waals surface area (Å²) in [6, 6.07) is 0. The van der Waals surface area contributed by atoms with E-state index in [1.807, 2.05) is 0 Å². The number of rotatable bonds is 0. The van der Waals surface area contributed by atoms with Gasteiger partial charge in [0.05, 0.1) is 6.61 Å². The highest BCUT2D eigenvalue weighted by molar-refractivity contribution is 9.07. The molecule has 2 nitrogen and oxygen atoms in total. The number of nitrogens with zero attached hydrogens (tertiary/aromatic N) is 1. The normalized spacial score (nSPS) is 25.5. The molecule has 1 aliphatic rings. The van der Waals surface area contributed by atoms with Gasteiger partial charge >= 0.3 is 0 Å². The summed E-state index contributed by atoms with van der Waals surface area (Å²) >= 11 is 3.15. The Bertz CT molecular complexity index is 44.1. The Morgan fingerprint density at radius 1 is 1.67 bits per heavy atom. The van der Waals surface area contributed by atoms with Crippen LogP contribution in [0, 0.1) is 0 Å². The van der Waals surface area contributed by atoms with Gasteiger partial charge < -0.3 is 0 Å². The Hall–Kier alpha value is 0.400. The minimum Gasteiger partial charge on any atom is -0.288 e. The van der Waals surface area contributed by atoms with Crippen molar-refractivity contribution in [3.05, 3.63) is 0 Å². The quantitative estimate of drug-likeness (QED) is 0.479. The molecular formula is C3H6BrNO. The van der Waals surface area contributed by atoms with E-state index in [0.717, 1.165) is 19.6 Å². The van der Waals surface area contributed by atoms with E-state index >= 15 is 0 Å². The van der Waals surface area contributed by atoms with E-state index in [0.29, 0.717) is 0 Å². The highest BCUT2D eigenvalue weighted by Gasteiger charge is 2.06. The Kier molecular flexibility index (Phi) is 1.45. The molecular weight excluding hydrogens is 146 g/mol. The average Bonchev–Trinajstić information content (AvgIpc) is 1.86. The first-order chi connectivity index (χ1) is 2.89. The van der Waals surface area contributed by atoms with Crippen LogP contribution in [-0.4, -0.2) is 17.2 Å². The number of hydroxylamine groups is 1. The second kappa shape index (κ2) is 1.91. The molecule has 0 amide bonds. The van der Waals surface area contributed by atoms with E-state index in [-0.39, 0.29) is 0 Å². The molecule has 0 bridgehead atoms. The Labute approximate surface area is 45.4 Å². The second-order valence-electron chi connectivity index (χ2n) is 1.23. The molecule has 6 heavy (non-hydrogen) atoms. The molecule has 36 valence electrons. The van der Waals surface area contributed by atoms with Crippen molar-refractivity contribution in [3.8, 4) is 0 Å². The molecule has 1 saturated heterocycles. The van der Waals surface area contributed by atoms with E-state index < -0.39 is 0 Å². The third-order valence-corrected chi connectivity index (χ3v) is 1.27. The molecule has 0 unspecified atom stereocenters. The number of hydrogen-bond donors (Lipinski definition) is 0. The lowest BCUT2D eigenvalue weighted by Gasteiger charge is -1.97. The zero-order chi connectivity index (χ0) is 4.41. The van der Waals surface area contributed by atoms with Crippen LogP contribution in [0.2, 0.25) is 0 Å². The maximum Gasteiger partial charge on any atom is 0.0709 e. The molecule has 0 N–H and O–H groups in total. The molecule has 0 aromatic carbocycles. The molecule has 1 fully saturated rings. The summed E-state index contributed by atoms with van der Waals surface area (Å²) in [5.74, 6) is 0. The van der Waals surface area contributed by atoms with Crippen molar-refractivity contribution in [2.75, 3.05) is 13.2 Å². The van der Waals surface area contributed by atoms with Gasteiger partial charge in [-0.05, 0) is 6.42 Å². The van der Waals surface area contributed by atoms with Crippen LogP contribution in [0.5, 0.6) is 0 Å². The number of hydrogen-bond acceptors (Lipinski definition) is 2. The Balaban J connectivity index is 2.18. The third kappa shape index (κ3) is 0.929. The Morgan fingerprint density at radius 3 is 2.67 bits per heavy atom. The molecule has 0 aromatic heterocycles. The van der Waals surface area contributed by atoms with E-state index in [9.17, 15) is 0 Å². The highest BCUT2D eigenvalue weighted by atomic mass is 79.9. The van der Waals surface area contributed by atoms with Crippen LogP contribution in [0.4, 0.5) is 0 Å². The molecule has 0 spiro atoms. The van der Waals surface area contributed by atoms with Crippen LogP contribution in [0.1, 0.15) is 6.42 Å². The van der Waals surface area contributed by atoms with Gasteiger partial charge in [0.1, 0.15) is 0 Å².